The normalized spacial score (nSPS) is 10.3. The Labute approximate surface area is 159 Å². The highest BCUT2D eigenvalue weighted by molar-refractivity contribution is 6.30. The molecule has 0 aliphatic carbocycles. The number of rotatable bonds is 7. The summed E-state index contributed by atoms with van der Waals surface area (Å²) in [5.41, 5.74) is 0.719. The van der Waals surface area contributed by atoms with Crippen molar-refractivity contribution in [1.82, 2.24) is 10.2 Å². The molecule has 8 nitrogen and oxygen atoms in total. The summed E-state index contributed by atoms with van der Waals surface area (Å²) in [6.45, 7) is -0.848. The zero-order valence-corrected chi connectivity index (χ0v) is 14.7. The van der Waals surface area contributed by atoms with Crippen molar-refractivity contribution in [2.45, 2.75) is 0 Å². The minimum absolute atomic E-state index is 0.0904. The molecule has 0 saturated carbocycles. The number of nitrogens with one attached hydrogen (secondary N) is 1. The summed E-state index contributed by atoms with van der Waals surface area (Å²) in [6, 6.07) is 15.5. The molecule has 0 fully saturated rings. The van der Waals surface area contributed by atoms with E-state index in [4.69, 9.17) is 25.5 Å². The molecule has 0 saturated heterocycles. The Kier molecular flexibility index (Phi) is 6.01. The Morgan fingerprint density at radius 2 is 1.74 bits per heavy atom. The number of carbonyl (C=O) groups excluding carboxylic acids is 2. The van der Waals surface area contributed by atoms with Crippen molar-refractivity contribution in [2.75, 3.05) is 18.5 Å². The Morgan fingerprint density at radius 1 is 1.00 bits per heavy atom. The van der Waals surface area contributed by atoms with Gasteiger partial charge in [-0.3, -0.25) is 10.1 Å². The van der Waals surface area contributed by atoms with E-state index in [0.29, 0.717) is 10.8 Å². The Balaban J connectivity index is 1.42. The fourth-order valence-corrected chi connectivity index (χ4v) is 2.11. The van der Waals surface area contributed by atoms with Crippen molar-refractivity contribution in [3.8, 4) is 17.2 Å². The fourth-order valence-electron chi connectivity index (χ4n) is 1.99. The molecular formula is C18H14ClN3O5. The Morgan fingerprint density at radius 3 is 2.48 bits per heavy atom. The molecule has 0 bridgehead atoms. The molecule has 27 heavy (non-hydrogen) atoms. The van der Waals surface area contributed by atoms with E-state index >= 15 is 0 Å². The molecule has 0 atom stereocenters. The lowest BCUT2D eigenvalue weighted by molar-refractivity contribution is -0.149. The van der Waals surface area contributed by atoms with Gasteiger partial charge >= 0.3 is 12.0 Å². The van der Waals surface area contributed by atoms with Gasteiger partial charge in [0.1, 0.15) is 5.75 Å². The van der Waals surface area contributed by atoms with Crippen molar-refractivity contribution in [3.63, 3.8) is 0 Å². The maximum Gasteiger partial charge on any atom is 0.344 e. The summed E-state index contributed by atoms with van der Waals surface area (Å²) < 4.78 is 15.4. The van der Waals surface area contributed by atoms with Crippen LogP contribution in [0.4, 0.5) is 6.01 Å². The molecule has 2 aromatic carbocycles. The van der Waals surface area contributed by atoms with Crippen LogP contribution in [0.5, 0.6) is 5.75 Å². The van der Waals surface area contributed by atoms with Gasteiger partial charge in [0.05, 0.1) is 0 Å². The van der Waals surface area contributed by atoms with Crippen molar-refractivity contribution in [1.29, 1.82) is 0 Å². The predicted octanol–water partition coefficient (Wildman–Crippen LogP) is 2.95. The number of aromatic nitrogens is 2. The fraction of sp³-hybridized carbons (Fsp3) is 0.111. The lowest BCUT2D eigenvalue weighted by atomic mass is 10.2. The lowest BCUT2D eigenvalue weighted by Crippen LogP contribution is -2.23. The molecule has 1 amide bonds. The van der Waals surface area contributed by atoms with Gasteiger partial charge in [0.2, 0.25) is 5.89 Å². The second-order valence-electron chi connectivity index (χ2n) is 5.23. The number of ether oxygens (including phenoxy) is 2. The van der Waals surface area contributed by atoms with Crippen LogP contribution in [0, 0.1) is 0 Å². The summed E-state index contributed by atoms with van der Waals surface area (Å²) >= 11 is 5.75. The molecule has 1 aromatic heterocycles. The molecule has 0 unspecified atom stereocenters. The number of halogens is 1. The quantitative estimate of drug-likeness (QED) is 0.621. The largest absolute Gasteiger partial charge is 0.482 e. The molecule has 0 spiro atoms. The summed E-state index contributed by atoms with van der Waals surface area (Å²) in [6.07, 6.45) is 0. The van der Waals surface area contributed by atoms with E-state index in [-0.39, 0.29) is 18.5 Å². The first-order valence-corrected chi connectivity index (χ1v) is 8.21. The van der Waals surface area contributed by atoms with E-state index in [1.807, 2.05) is 18.2 Å². The van der Waals surface area contributed by atoms with E-state index in [1.165, 1.54) is 0 Å². The van der Waals surface area contributed by atoms with Crippen LogP contribution < -0.4 is 10.1 Å². The van der Waals surface area contributed by atoms with Gasteiger partial charge in [-0.15, -0.1) is 5.10 Å². The van der Waals surface area contributed by atoms with Crippen LogP contribution in [-0.4, -0.2) is 35.3 Å². The zero-order chi connectivity index (χ0) is 19.1. The summed E-state index contributed by atoms with van der Waals surface area (Å²) in [5.74, 6) is -0.590. The molecule has 3 rings (SSSR count). The highest BCUT2D eigenvalue weighted by Crippen LogP contribution is 2.19. The zero-order valence-electron chi connectivity index (χ0n) is 13.9. The Hall–Kier alpha value is -3.39. The Bertz CT molecular complexity index is 912. The van der Waals surface area contributed by atoms with Gasteiger partial charge in [-0.05, 0) is 36.4 Å². The van der Waals surface area contributed by atoms with Crippen LogP contribution >= 0.6 is 11.6 Å². The van der Waals surface area contributed by atoms with E-state index in [1.54, 1.807) is 36.4 Å². The van der Waals surface area contributed by atoms with Gasteiger partial charge in [0, 0.05) is 10.6 Å². The van der Waals surface area contributed by atoms with E-state index in [0.717, 1.165) is 5.56 Å². The molecule has 1 heterocycles. The third kappa shape index (κ3) is 5.55. The first-order chi connectivity index (χ1) is 13.1. The molecule has 1 N–H and O–H groups in total. The first-order valence-electron chi connectivity index (χ1n) is 7.83. The minimum atomic E-state index is -0.699. The van der Waals surface area contributed by atoms with Crippen LogP contribution in [0.1, 0.15) is 0 Å². The number of anilines is 1. The number of nitrogens with zero attached hydrogens (tertiary/aromatic N) is 2. The summed E-state index contributed by atoms with van der Waals surface area (Å²) in [7, 11) is 0. The monoisotopic (exact) mass is 387 g/mol. The predicted molar refractivity (Wildman–Crippen MR) is 96.3 cm³/mol. The van der Waals surface area contributed by atoms with E-state index in [2.05, 4.69) is 15.5 Å². The molecule has 0 aliphatic rings. The molecule has 0 aliphatic heterocycles. The van der Waals surface area contributed by atoms with Crippen LogP contribution in [0.2, 0.25) is 5.02 Å². The second-order valence-corrected chi connectivity index (χ2v) is 5.67. The van der Waals surface area contributed by atoms with Crippen molar-refractivity contribution < 1.29 is 23.5 Å². The first kappa shape index (κ1) is 18.4. The molecular weight excluding hydrogens is 374 g/mol. The van der Waals surface area contributed by atoms with Crippen LogP contribution in [-0.2, 0) is 14.3 Å². The number of benzene rings is 2. The third-order valence-corrected chi connectivity index (χ3v) is 3.48. The van der Waals surface area contributed by atoms with Gasteiger partial charge in [-0.25, -0.2) is 4.79 Å². The molecule has 138 valence electrons. The SMILES string of the molecule is O=C(COC(=O)COc1ccc(Cl)cc1)Nc1nnc(-c2ccccc2)o1. The maximum absolute atomic E-state index is 11.8. The second kappa shape index (κ2) is 8.81. The summed E-state index contributed by atoms with van der Waals surface area (Å²) in [4.78, 5) is 23.4. The number of hydrogen-bond acceptors (Lipinski definition) is 7. The molecule has 0 radical (unpaired) electrons. The van der Waals surface area contributed by atoms with E-state index < -0.39 is 18.5 Å². The minimum Gasteiger partial charge on any atom is -0.482 e. The van der Waals surface area contributed by atoms with Gasteiger partial charge < -0.3 is 13.9 Å². The van der Waals surface area contributed by atoms with Gasteiger partial charge in [0.25, 0.3) is 5.91 Å². The van der Waals surface area contributed by atoms with Gasteiger partial charge in [-0.2, -0.15) is 0 Å². The number of hydrogen-bond donors (Lipinski definition) is 1. The van der Waals surface area contributed by atoms with Crippen LogP contribution in [0.3, 0.4) is 0 Å². The topological polar surface area (TPSA) is 104 Å². The van der Waals surface area contributed by atoms with Crippen LogP contribution in [0.15, 0.2) is 59.0 Å². The van der Waals surface area contributed by atoms with Gasteiger partial charge in [0.15, 0.2) is 13.2 Å². The highest BCUT2D eigenvalue weighted by Gasteiger charge is 2.13. The molecule has 9 heteroatoms. The standard InChI is InChI=1S/C18H14ClN3O5/c19-13-6-8-14(9-7-13)25-11-16(24)26-10-15(23)20-18-22-21-17(27-18)12-4-2-1-3-5-12/h1-9H,10-11H2,(H,20,22,23). The highest BCUT2D eigenvalue weighted by atomic mass is 35.5. The smallest absolute Gasteiger partial charge is 0.344 e. The average Bonchev–Trinajstić information content (AvgIpc) is 3.15. The number of carbonyl (C=O) groups is 2. The average molecular weight is 388 g/mol. The molecule has 3 aromatic rings. The van der Waals surface area contributed by atoms with Crippen LogP contribution in [0.25, 0.3) is 11.5 Å². The number of esters is 1. The van der Waals surface area contributed by atoms with Gasteiger partial charge in [-0.1, -0.05) is 34.9 Å². The third-order valence-electron chi connectivity index (χ3n) is 3.23. The van der Waals surface area contributed by atoms with E-state index in [9.17, 15) is 9.59 Å². The lowest BCUT2D eigenvalue weighted by Gasteiger charge is -2.06. The van der Waals surface area contributed by atoms with Crippen molar-refractivity contribution in [2.24, 2.45) is 0 Å². The maximum atomic E-state index is 11.8. The van der Waals surface area contributed by atoms with Crippen molar-refractivity contribution >= 4 is 29.5 Å². The summed E-state index contributed by atoms with van der Waals surface area (Å²) in [5, 5.41) is 10.5. The number of amides is 1. The van der Waals surface area contributed by atoms with Crippen molar-refractivity contribution in [3.05, 3.63) is 59.6 Å².